The van der Waals surface area contributed by atoms with Crippen molar-refractivity contribution in [2.24, 2.45) is 0 Å². The molecule has 0 spiro atoms. The van der Waals surface area contributed by atoms with Crippen LogP contribution in [0.4, 0.5) is 5.69 Å². The lowest BCUT2D eigenvalue weighted by atomic mass is 10.1. The van der Waals surface area contributed by atoms with Gasteiger partial charge in [-0.2, -0.15) is 0 Å². The Bertz CT molecular complexity index is 477. The van der Waals surface area contributed by atoms with Gasteiger partial charge in [-0.05, 0) is 19.9 Å². The van der Waals surface area contributed by atoms with E-state index in [1.807, 2.05) is 0 Å². The molecule has 1 aromatic rings. The van der Waals surface area contributed by atoms with Crippen LogP contribution in [0.15, 0.2) is 30.0 Å². The van der Waals surface area contributed by atoms with Crippen LogP contribution in [0.25, 0.3) is 5.57 Å². The van der Waals surface area contributed by atoms with E-state index >= 15 is 0 Å². The Labute approximate surface area is 96.7 Å². The Kier molecular flexibility index (Phi) is 2.00. The minimum absolute atomic E-state index is 0.242. The highest BCUT2D eigenvalue weighted by Gasteiger charge is 2.46. The lowest BCUT2D eigenvalue weighted by Crippen LogP contribution is -2.52. The summed E-state index contributed by atoms with van der Waals surface area (Å²) in [7, 11) is 2.31. The molecule has 1 aromatic carbocycles. The van der Waals surface area contributed by atoms with E-state index in [0.717, 1.165) is 17.6 Å². The average molecular weight is 216 g/mol. The third-order valence-corrected chi connectivity index (χ3v) is 4.05. The van der Waals surface area contributed by atoms with E-state index in [2.05, 4.69) is 45.2 Å². The van der Waals surface area contributed by atoms with Crippen LogP contribution in [0.3, 0.4) is 0 Å². The van der Waals surface area contributed by atoms with Crippen molar-refractivity contribution in [2.45, 2.75) is 20.0 Å². The molecule has 2 aliphatic heterocycles. The van der Waals surface area contributed by atoms with Crippen molar-refractivity contribution < 1.29 is 4.74 Å². The van der Waals surface area contributed by atoms with Crippen molar-refractivity contribution in [3.05, 3.63) is 35.5 Å². The maximum absolute atomic E-state index is 5.79. The monoisotopic (exact) mass is 216 g/mol. The first-order valence-electron chi connectivity index (χ1n) is 5.93. The van der Waals surface area contributed by atoms with Crippen molar-refractivity contribution in [3.63, 3.8) is 0 Å². The van der Waals surface area contributed by atoms with E-state index < -0.39 is 0 Å². The molecular formula is C14H18NO+. The molecule has 2 nitrogen and oxygen atoms in total. The van der Waals surface area contributed by atoms with Crippen molar-refractivity contribution in [1.29, 1.82) is 0 Å². The van der Waals surface area contributed by atoms with Crippen molar-refractivity contribution in [2.75, 3.05) is 20.2 Å². The second-order valence-corrected chi connectivity index (χ2v) is 4.96. The second kappa shape index (κ2) is 3.19. The third kappa shape index (κ3) is 1.09. The molecule has 3 rings (SSSR count). The molecule has 84 valence electrons. The highest BCUT2D eigenvalue weighted by Crippen LogP contribution is 2.46. The molecule has 0 bridgehead atoms. The van der Waals surface area contributed by atoms with Gasteiger partial charge in [-0.1, -0.05) is 12.1 Å². The van der Waals surface area contributed by atoms with E-state index in [1.54, 1.807) is 0 Å². The van der Waals surface area contributed by atoms with Crippen LogP contribution in [0.1, 0.15) is 19.4 Å². The lowest BCUT2D eigenvalue weighted by molar-refractivity contribution is 0.0301. The van der Waals surface area contributed by atoms with Crippen molar-refractivity contribution in [3.8, 4) is 0 Å². The summed E-state index contributed by atoms with van der Waals surface area (Å²) in [6.07, 6.45) is 0.242. The van der Waals surface area contributed by atoms with E-state index in [0.29, 0.717) is 0 Å². The Morgan fingerprint density at radius 1 is 1.31 bits per heavy atom. The number of hydrogen-bond acceptors (Lipinski definition) is 1. The number of quaternary nitrogens is 1. The maximum Gasteiger partial charge on any atom is 0.146 e. The van der Waals surface area contributed by atoms with Gasteiger partial charge in [-0.3, -0.25) is 4.48 Å². The fourth-order valence-corrected chi connectivity index (χ4v) is 3.30. The highest BCUT2D eigenvalue weighted by molar-refractivity contribution is 5.85. The van der Waals surface area contributed by atoms with E-state index in [9.17, 15) is 0 Å². The Balaban J connectivity index is 2.26. The van der Waals surface area contributed by atoms with Gasteiger partial charge in [-0.25, -0.2) is 0 Å². The zero-order chi connectivity index (χ0) is 11.3. The van der Waals surface area contributed by atoms with Crippen LogP contribution in [0.2, 0.25) is 0 Å². The summed E-state index contributed by atoms with van der Waals surface area (Å²) >= 11 is 0. The lowest BCUT2D eigenvalue weighted by Gasteiger charge is -2.39. The number of morpholine rings is 1. The molecule has 0 aromatic heterocycles. The Morgan fingerprint density at radius 3 is 2.88 bits per heavy atom. The molecule has 16 heavy (non-hydrogen) atoms. The summed E-state index contributed by atoms with van der Waals surface area (Å²) < 4.78 is 6.73. The van der Waals surface area contributed by atoms with Gasteiger partial charge in [0, 0.05) is 17.2 Å². The number of allylic oxidation sites excluding steroid dienone is 1. The minimum Gasteiger partial charge on any atom is -0.362 e. The van der Waals surface area contributed by atoms with Gasteiger partial charge in [0.1, 0.15) is 24.0 Å². The van der Waals surface area contributed by atoms with Crippen LogP contribution in [0, 0.1) is 0 Å². The SMILES string of the molecule is CC1=C2C(C)OCC[N+]2(C)c2ccccc21. The smallest absolute Gasteiger partial charge is 0.146 e. The molecule has 2 aliphatic rings. The number of nitrogens with zero attached hydrogens (tertiary/aromatic N) is 1. The fraction of sp³-hybridized carbons (Fsp3) is 0.429. The van der Waals surface area contributed by atoms with Gasteiger partial charge >= 0.3 is 0 Å². The topological polar surface area (TPSA) is 9.23 Å². The van der Waals surface area contributed by atoms with Crippen LogP contribution in [-0.4, -0.2) is 26.3 Å². The largest absolute Gasteiger partial charge is 0.362 e. The molecule has 0 amide bonds. The van der Waals surface area contributed by atoms with Crippen molar-refractivity contribution in [1.82, 2.24) is 4.48 Å². The molecule has 0 saturated carbocycles. The zero-order valence-electron chi connectivity index (χ0n) is 10.2. The molecule has 2 unspecified atom stereocenters. The third-order valence-electron chi connectivity index (χ3n) is 4.05. The summed E-state index contributed by atoms with van der Waals surface area (Å²) in [5, 5.41) is 0. The number of para-hydroxylation sites is 1. The van der Waals surface area contributed by atoms with Gasteiger partial charge in [0.15, 0.2) is 0 Å². The first kappa shape index (κ1) is 10.1. The van der Waals surface area contributed by atoms with E-state index in [4.69, 9.17) is 4.74 Å². The quantitative estimate of drug-likeness (QED) is 0.606. The second-order valence-electron chi connectivity index (χ2n) is 4.96. The summed E-state index contributed by atoms with van der Waals surface area (Å²) in [5.41, 5.74) is 5.68. The molecule has 2 heteroatoms. The maximum atomic E-state index is 5.79. The first-order valence-corrected chi connectivity index (χ1v) is 5.93. The summed E-state index contributed by atoms with van der Waals surface area (Å²) in [6.45, 7) is 6.29. The molecule has 2 atom stereocenters. The number of fused-ring (bicyclic) bond motifs is 3. The number of rotatable bonds is 0. The standard InChI is InChI=1S/C14H18NO/c1-10-12-6-4-5-7-13(12)15(3)8-9-16-11(2)14(10)15/h4-7,11H,8-9H2,1-3H3/q+1. The summed E-state index contributed by atoms with van der Waals surface area (Å²) in [6, 6.07) is 8.74. The Morgan fingerprint density at radius 2 is 2.06 bits per heavy atom. The van der Waals surface area contributed by atoms with Crippen LogP contribution >= 0.6 is 0 Å². The van der Waals surface area contributed by atoms with Gasteiger partial charge < -0.3 is 4.74 Å². The predicted octanol–water partition coefficient (Wildman–Crippen LogP) is 2.79. The zero-order valence-corrected chi connectivity index (χ0v) is 10.2. The van der Waals surface area contributed by atoms with E-state index in [1.165, 1.54) is 22.5 Å². The van der Waals surface area contributed by atoms with Crippen LogP contribution in [0.5, 0.6) is 0 Å². The highest BCUT2D eigenvalue weighted by atomic mass is 16.5. The predicted molar refractivity (Wildman–Crippen MR) is 67.0 cm³/mol. The number of ether oxygens (including phenoxy) is 1. The first-order chi connectivity index (χ1) is 7.64. The molecule has 0 aliphatic carbocycles. The van der Waals surface area contributed by atoms with Gasteiger partial charge in [0.2, 0.25) is 0 Å². The number of hydrogen-bond donors (Lipinski definition) is 0. The van der Waals surface area contributed by atoms with Gasteiger partial charge in [0.25, 0.3) is 0 Å². The van der Waals surface area contributed by atoms with Gasteiger partial charge in [0.05, 0.1) is 13.7 Å². The molecule has 1 saturated heterocycles. The molecule has 0 N–H and O–H groups in total. The van der Waals surface area contributed by atoms with Gasteiger partial charge in [-0.15, -0.1) is 0 Å². The van der Waals surface area contributed by atoms with E-state index in [-0.39, 0.29) is 6.10 Å². The van der Waals surface area contributed by atoms with Crippen LogP contribution in [-0.2, 0) is 4.74 Å². The van der Waals surface area contributed by atoms with Crippen LogP contribution < -0.4 is 4.48 Å². The molecular weight excluding hydrogens is 198 g/mol. The summed E-state index contributed by atoms with van der Waals surface area (Å²) in [5.74, 6) is 0. The number of likely N-dealkylation sites (N-methyl/N-ethyl adjacent to an activating group) is 1. The summed E-state index contributed by atoms with van der Waals surface area (Å²) in [4.78, 5) is 0. The normalized spacial score (nSPS) is 32.6. The average Bonchev–Trinajstić information content (AvgIpc) is 2.50. The Hall–Kier alpha value is -1.12. The fourth-order valence-electron chi connectivity index (χ4n) is 3.30. The minimum atomic E-state index is 0.242. The molecule has 1 fully saturated rings. The molecule has 2 heterocycles. The van der Waals surface area contributed by atoms with Crippen molar-refractivity contribution >= 4 is 11.3 Å². The number of benzene rings is 1. The molecule has 0 radical (unpaired) electrons.